The molecule has 1 heterocycles. The molecule has 0 atom stereocenters. The van der Waals surface area contributed by atoms with E-state index in [1.165, 1.54) is 0 Å². The number of hydrogen-bond donors (Lipinski definition) is 2. The van der Waals surface area contributed by atoms with Crippen LogP contribution < -0.4 is 0 Å². The van der Waals surface area contributed by atoms with Gasteiger partial charge in [-0.2, -0.15) is 0 Å². The molecule has 0 saturated carbocycles. The molecule has 0 aliphatic rings. The second-order valence-electron chi connectivity index (χ2n) is 2.46. The summed E-state index contributed by atoms with van der Waals surface area (Å²) in [6.07, 6.45) is 0. The number of rotatable bonds is 3. The van der Waals surface area contributed by atoms with Gasteiger partial charge in [0.2, 0.25) is 0 Å². The minimum absolute atomic E-state index is 0.625. The molecule has 0 unspecified atom stereocenters. The first-order chi connectivity index (χ1) is 6.91. The molecule has 15 heavy (non-hydrogen) atoms. The van der Waals surface area contributed by atoms with E-state index in [4.69, 9.17) is 10.2 Å². The lowest BCUT2D eigenvalue weighted by Crippen LogP contribution is -2.08. The molecule has 0 radical (unpaired) electrons. The van der Waals surface area contributed by atoms with Crippen LogP contribution >= 0.6 is 0 Å². The van der Waals surface area contributed by atoms with Gasteiger partial charge in [-0.15, -0.1) is 0 Å². The average Bonchev–Trinajstić information content (AvgIpc) is 2.16. The van der Waals surface area contributed by atoms with Gasteiger partial charge in [0.25, 0.3) is 5.69 Å². The molecule has 1 aromatic heterocycles. The van der Waals surface area contributed by atoms with Crippen LogP contribution in [0, 0.1) is 10.1 Å². The zero-order valence-corrected chi connectivity index (χ0v) is 7.08. The molecule has 0 spiro atoms. The second-order valence-corrected chi connectivity index (χ2v) is 2.46. The summed E-state index contributed by atoms with van der Waals surface area (Å²) in [5.74, 6) is -3.05. The molecule has 8 nitrogen and oxygen atoms in total. The van der Waals surface area contributed by atoms with Crippen molar-refractivity contribution >= 4 is 17.6 Å². The van der Waals surface area contributed by atoms with Crippen LogP contribution in [0.15, 0.2) is 12.1 Å². The summed E-state index contributed by atoms with van der Waals surface area (Å²) in [6, 6.07) is 1.38. The van der Waals surface area contributed by atoms with Gasteiger partial charge in [-0.25, -0.2) is 14.6 Å². The van der Waals surface area contributed by atoms with Crippen molar-refractivity contribution in [2.24, 2.45) is 0 Å². The van der Waals surface area contributed by atoms with Gasteiger partial charge < -0.3 is 10.2 Å². The summed E-state index contributed by atoms with van der Waals surface area (Å²) in [6.45, 7) is 0. The van der Waals surface area contributed by atoms with E-state index in [0.29, 0.717) is 12.1 Å². The Morgan fingerprint density at radius 1 is 1.20 bits per heavy atom. The molecular formula is C7H4N2O6. The van der Waals surface area contributed by atoms with Gasteiger partial charge >= 0.3 is 11.9 Å². The van der Waals surface area contributed by atoms with Crippen LogP contribution in [0.4, 0.5) is 5.69 Å². The molecule has 0 amide bonds. The minimum Gasteiger partial charge on any atom is -0.477 e. The fraction of sp³-hybridized carbons (Fsp3) is 0. The SMILES string of the molecule is O=C(O)c1cc([N+](=O)[O-])cc(C(=O)O)n1. The van der Waals surface area contributed by atoms with Crippen LogP contribution in [-0.2, 0) is 0 Å². The van der Waals surface area contributed by atoms with Crippen molar-refractivity contribution < 1.29 is 24.7 Å². The van der Waals surface area contributed by atoms with Crippen LogP contribution in [0.5, 0.6) is 0 Å². The van der Waals surface area contributed by atoms with Gasteiger partial charge in [0, 0.05) is 12.1 Å². The summed E-state index contributed by atoms with van der Waals surface area (Å²) >= 11 is 0. The molecule has 0 aromatic carbocycles. The van der Waals surface area contributed by atoms with E-state index >= 15 is 0 Å². The summed E-state index contributed by atoms with van der Waals surface area (Å²) in [7, 11) is 0. The molecule has 2 N–H and O–H groups in total. The van der Waals surface area contributed by atoms with Crippen molar-refractivity contribution in [3.8, 4) is 0 Å². The van der Waals surface area contributed by atoms with Crippen molar-refractivity contribution in [3.05, 3.63) is 33.6 Å². The molecular weight excluding hydrogens is 208 g/mol. The van der Waals surface area contributed by atoms with E-state index in [2.05, 4.69) is 4.98 Å². The lowest BCUT2D eigenvalue weighted by atomic mass is 10.2. The highest BCUT2D eigenvalue weighted by Gasteiger charge is 2.18. The molecule has 0 bridgehead atoms. The topological polar surface area (TPSA) is 131 Å². The lowest BCUT2D eigenvalue weighted by Gasteiger charge is -1.97. The van der Waals surface area contributed by atoms with Crippen LogP contribution in [0.25, 0.3) is 0 Å². The number of carboxylic acids is 2. The van der Waals surface area contributed by atoms with E-state index in [1.807, 2.05) is 0 Å². The van der Waals surface area contributed by atoms with Crippen LogP contribution in [0.3, 0.4) is 0 Å². The zero-order chi connectivity index (χ0) is 11.6. The van der Waals surface area contributed by atoms with Gasteiger partial charge in [0.05, 0.1) is 4.92 Å². The Kier molecular flexibility index (Phi) is 2.61. The van der Waals surface area contributed by atoms with Crippen molar-refractivity contribution in [2.75, 3.05) is 0 Å². The molecule has 78 valence electrons. The number of carbonyl (C=O) groups is 2. The Morgan fingerprint density at radius 2 is 1.60 bits per heavy atom. The fourth-order valence-corrected chi connectivity index (χ4v) is 0.841. The Morgan fingerprint density at radius 3 is 1.87 bits per heavy atom. The standard InChI is InChI=1S/C7H4N2O6/c10-6(11)4-1-3(9(14)15)2-5(8-4)7(12)13/h1-2H,(H,10,11)(H,12,13). The van der Waals surface area contributed by atoms with Gasteiger partial charge in [-0.3, -0.25) is 10.1 Å². The molecule has 1 aromatic rings. The maximum absolute atomic E-state index is 10.5. The van der Waals surface area contributed by atoms with Crippen molar-refractivity contribution in [1.82, 2.24) is 4.98 Å². The number of hydrogen-bond acceptors (Lipinski definition) is 5. The normalized spacial score (nSPS) is 9.60. The molecule has 0 saturated heterocycles. The van der Waals surface area contributed by atoms with Crippen molar-refractivity contribution in [1.29, 1.82) is 0 Å². The smallest absolute Gasteiger partial charge is 0.354 e. The quantitative estimate of drug-likeness (QED) is 0.546. The predicted octanol–water partition coefficient (Wildman–Crippen LogP) is 0.386. The van der Waals surface area contributed by atoms with Gasteiger partial charge in [-0.05, 0) is 0 Å². The third kappa shape index (κ3) is 2.24. The average molecular weight is 212 g/mol. The number of nitro groups is 1. The predicted molar refractivity (Wildman–Crippen MR) is 44.8 cm³/mol. The first-order valence-corrected chi connectivity index (χ1v) is 3.55. The Labute approximate surface area is 81.9 Å². The number of aromatic carboxylic acids is 2. The lowest BCUT2D eigenvalue weighted by molar-refractivity contribution is -0.385. The molecule has 0 aliphatic heterocycles. The van der Waals surface area contributed by atoms with Crippen molar-refractivity contribution in [2.45, 2.75) is 0 Å². The maximum Gasteiger partial charge on any atom is 0.354 e. The Hall–Kier alpha value is -2.51. The fourth-order valence-electron chi connectivity index (χ4n) is 0.841. The summed E-state index contributed by atoms with van der Waals surface area (Å²) in [5.41, 5.74) is -1.98. The maximum atomic E-state index is 10.5. The number of carboxylic acid groups (broad SMARTS) is 2. The minimum atomic E-state index is -1.53. The summed E-state index contributed by atoms with van der Waals surface area (Å²) < 4.78 is 0. The first-order valence-electron chi connectivity index (χ1n) is 3.55. The monoisotopic (exact) mass is 212 g/mol. The van der Waals surface area contributed by atoms with Crippen LogP contribution in [0.1, 0.15) is 21.0 Å². The first kappa shape index (κ1) is 10.6. The molecule has 8 heteroatoms. The third-order valence-electron chi connectivity index (χ3n) is 1.46. The van der Waals surface area contributed by atoms with Crippen LogP contribution in [0.2, 0.25) is 0 Å². The summed E-state index contributed by atoms with van der Waals surface area (Å²) in [5, 5.41) is 27.4. The molecule has 0 aliphatic carbocycles. The number of pyridine rings is 1. The zero-order valence-electron chi connectivity index (χ0n) is 7.08. The number of nitrogens with zero attached hydrogens (tertiary/aromatic N) is 2. The van der Waals surface area contributed by atoms with Gasteiger partial charge in [0.1, 0.15) is 0 Å². The molecule has 1 rings (SSSR count). The van der Waals surface area contributed by atoms with Gasteiger partial charge in [0.15, 0.2) is 11.4 Å². The second kappa shape index (κ2) is 3.70. The van der Waals surface area contributed by atoms with E-state index in [-0.39, 0.29) is 0 Å². The Balaban J connectivity index is 3.39. The van der Waals surface area contributed by atoms with E-state index in [0.717, 1.165) is 0 Å². The highest BCUT2D eigenvalue weighted by molar-refractivity contribution is 5.91. The van der Waals surface area contributed by atoms with E-state index < -0.39 is 33.9 Å². The molecule has 0 fully saturated rings. The van der Waals surface area contributed by atoms with Crippen molar-refractivity contribution in [3.63, 3.8) is 0 Å². The highest BCUT2D eigenvalue weighted by Crippen LogP contribution is 2.14. The largest absolute Gasteiger partial charge is 0.477 e. The Bertz CT molecular complexity index is 376. The van der Waals surface area contributed by atoms with E-state index in [9.17, 15) is 19.7 Å². The third-order valence-corrected chi connectivity index (χ3v) is 1.46. The number of aromatic nitrogens is 1. The highest BCUT2D eigenvalue weighted by atomic mass is 16.6. The van der Waals surface area contributed by atoms with E-state index in [1.54, 1.807) is 0 Å². The van der Waals surface area contributed by atoms with Crippen LogP contribution in [-0.4, -0.2) is 32.1 Å². The van der Waals surface area contributed by atoms with Gasteiger partial charge in [-0.1, -0.05) is 0 Å². The summed E-state index contributed by atoms with van der Waals surface area (Å²) in [4.78, 5) is 33.6.